The van der Waals surface area contributed by atoms with Crippen molar-refractivity contribution in [2.75, 3.05) is 0 Å². The zero-order valence-electron chi connectivity index (χ0n) is 10.5. The molecule has 0 amide bonds. The van der Waals surface area contributed by atoms with Crippen LogP contribution in [0.3, 0.4) is 0 Å². The summed E-state index contributed by atoms with van der Waals surface area (Å²) in [6.45, 7) is 1.56. The highest BCUT2D eigenvalue weighted by Gasteiger charge is 2.17. The van der Waals surface area contributed by atoms with Gasteiger partial charge in [-0.05, 0) is 30.7 Å². The smallest absolute Gasteiger partial charge is 0.144 e. The van der Waals surface area contributed by atoms with Crippen LogP contribution in [0, 0.1) is 29.9 Å². The Kier molecular flexibility index (Phi) is 2.72. The molecule has 3 aromatic rings. The number of nitriles is 1. The zero-order valence-corrected chi connectivity index (χ0v) is 10.5. The molecule has 0 atom stereocenters. The number of fused-ring (bicyclic) bond motifs is 1. The third-order valence-corrected chi connectivity index (χ3v) is 3.15. The number of aromatic amines is 1. The molecule has 2 aromatic carbocycles. The molecule has 20 heavy (non-hydrogen) atoms. The number of H-pyrrole nitrogens is 1. The summed E-state index contributed by atoms with van der Waals surface area (Å²) in [6, 6.07) is 9.58. The van der Waals surface area contributed by atoms with E-state index in [1.807, 2.05) is 6.07 Å². The van der Waals surface area contributed by atoms with E-state index < -0.39 is 11.6 Å². The normalized spacial score (nSPS) is 10.7. The van der Waals surface area contributed by atoms with Gasteiger partial charge in [0.15, 0.2) is 0 Å². The minimum Gasteiger partial charge on any atom is -0.338 e. The SMILES string of the molecule is Cc1ccc(F)c(-c2nc3c(C#N)cccc3[nH]2)c1F. The molecule has 1 aromatic heterocycles. The lowest BCUT2D eigenvalue weighted by Crippen LogP contribution is -1.94. The number of halogens is 2. The van der Waals surface area contributed by atoms with Crippen molar-refractivity contribution in [3.8, 4) is 17.5 Å². The zero-order chi connectivity index (χ0) is 14.3. The summed E-state index contributed by atoms with van der Waals surface area (Å²) in [5.41, 5.74) is 1.47. The van der Waals surface area contributed by atoms with Crippen LogP contribution in [-0.4, -0.2) is 9.97 Å². The number of nitrogens with one attached hydrogen (secondary N) is 1. The quantitative estimate of drug-likeness (QED) is 0.732. The lowest BCUT2D eigenvalue weighted by atomic mass is 10.1. The number of rotatable bonds is 1. The van der Waals surface area contributed by atoms with Crippen molar-refractivity contribution in [3.05, 3.63) is 53.1 Å². The molecule has 0 saturated carbocycles. The second-order valence-electron chi connectivity index (χ2n) is 4.45. The van der Waals surface area contributed by atoms with Crippen LogP contribution in [0.4, 0.5) is 8.78 Å². The van der Waals surface area contributed by atoms with E-state index in [-0.39, 0.29) is 11.4 Å². The Morgan fingerprint density at radius 2 is 2.00 bits per heavy atom. The summed E-state index contributed by atoms with van der Waals surface area (Å²) in [7, 11) is 0. The van der Waals surface area contributed by atoms with Crippen LogP contribution >= 0.6 is 0 Å². The number of aryl methyl sites for hydroxylation is 1. The monoisotopic (exact) mass is 269 g/mol. The molecular weight excluding hydrogens is 260 g/mol. The first kappa shape index (κ1) is 12.3. The van der Waals surface area contributed by atoms with Crippen molar-refractivity contribution < 1.29 is 8.78 Å². The van der Waals surface area contributed by atoms with E-state index in [4.69, 9.17) is 5.26 Å². The first-order valence-corrected chi connectivity index (χ1v) is 5.95. The Morgan fingerprint density at radius 1 is 1.20 bits per heavy atom. The van der Waals surface area contributed by atoms with Gasteiger partial charge < -0.3 is 4.98 Å². The summed E-state index contributed by atoms with van der Waals surface area (Å²) in [5.74, 6) is -1.25. The fourth-order valence-corrected chi connectivity index (χ4v) is 2.11. The number of para-hydroxylation sites is 1. The highest BCUT2D eigenvalue weighted by molar-refractivity contribution is 5.84. The van der Waals surface area contributed by atoms with Gasteiger partial charge in [-0.1, -0.05) is 12.1 Å². The number of nitrogens with zero attached hydrogens (tertiary/aromatic N) is 2. The largest absolute Gasteiger partial charge is 0.338 e. The summed E-state index contributed by atoms with van der Waals surface area (Å²) in [4.78, 5) is 7.01. The van der Waals surface area contributed by atoms with Gasteiger partial charge in [0.1, 0.15) is 29.0 Å². The van der Waals surface area contributed by atoms with Crippen molar-refractivity contribution in [1.82, 2.24) is 9.97 Å². The van der Waals surface area contributed by atoms with Crippen LogP contribution in [0.25, 0.3) is 22.4 Å². The fraction of sp³-hybridized carbons (Fsp3) is 0.0667. The van der Waals surface area contributed by atoms with E-state index in [0.29, 0.717) is 22.2 Å². The lowest BCUT2D eigenvalue weighted by molar-refractivity contribution is 0.582. The van der Waals surface area contributed by atoms with Gasteiger partial charge in [-0.25, -0.2) is 13.8 Å². The van der Waals surface area contributed by atoms with Gasteiger partial charge >= 0.3 is 0 Å². The molecule has 0 bridgehead atoms. The van der Waals surface area contributed by atoms with E-state index >= 15 is 0 Å². The Balaban J connectivity index is 2.32. The standard InChI is InChI=1S/C15H9F2N3/c1-8-5-6-10(16)12(13(8)17)15-19-11-4-2-3-9(7-18)14(11)20-15/h2-6H,1H3,(H,19,20). The van der Waals surface area contributed by atoms with E-state index in [2.05, 4.69) is 9.97 Å². The minimum absolute atomic E-state index is 0.0846. The Hall–Kier alpha value is -2.74. The average molecular weight is 269 g/mol. The van der Waals surface area contributed by atoms with Crippen molar-refractivity contribution in [3.63, 3.8) is 0 Å². The second-order valence-corrected chi connectivity index (χ2v) is 4.45. The van der Waals surface area contributed by atoms with Crippen LogP contribution in [0.1, 0.15) is 11.1 Å². The molecule has 0 saturated heterocycles. The van der Waals surface area contributed by atoms with Gasteiger partial charge in [0.05, 0.1) is 16.6 Å². The molecule has 0 aliphatic carbocycles. The van der Waals surface area contributed by atoms with Gasteiger partial charge in [0.25, 0.3) is 0 Å². The maximum Gasteiger partial charge on any atom is 0.144 e. The molecule has 98 valence electrons. The minimum atomic E-state index is -0.689. The maximum atomic E-state index is 14.1. The Bertz CT molecular complexity index is 859. The first-order valence-electron chi connectivity index (χ1n) is 5.95. The fourth-order valence-electron chi connectivity index (χ4n) is 2.11. The summed E-state index contributed by atoms with van der Waals surface area (Å²) < 4.78 is 28.0. The number of imidazole rings is 1. The third-order valence-electron chi connectivity index (χ3n) is 3.15. The van der Waals surface area contributed by atoms with E-state index in [9.17, 15) is 8.78 Å². The number of aromatic nitrogens is 2. The molecule has 3 nitrogen and oxygen atoms in total. The second kappa shape index (κ2) is 4.42. The highest BCUT2D eigenvalue weighted by Crippen LogP contribution is 2.28. The van der Waals surface area contributed by atoms with E-state index in [0.717, 1.165) is 0 Å². The predicted molar refractivity (Wildman–Crippen MR) is 70.9 cm³/mol. The lowest BCUT2D eigenvalue weighted by Gasteiger charge is -2.03. The van der Waals surface area contributed by atoms with Crippen LogP contribution < -0.4 is 0 Å². The molecule has 0 radical (unpaired) electrons. The molecule has 0 spiro atoms. The van der Waals surface area contributed by atoms with Crippen molar-refractivity contribution in [2.24, 2.45) is 0 Å². The first-order chi connectivity index (χ1) is 9.61. The van der Waals surface area contributed by atoms with Crippen molar-refractivity contribution in [2.45, 2.75) is 6.92 Å². The summed E-state index contributed by atoms with van der Waals surface area (Å²) >= 11 is 0. The summed E-state index contributed by atoms with van der Waals surface area (Å²) in [6.07, 6.45) is 0. The van der Waals surface area contributed by atoms with Gasteiger partial charge in [-0.2, -0.15) is 5.26 Å². The van der Waals surface area contributed by atoms with Gasteiger partial charge in [-0.3, -0.25) is 0 Å². The predicted octanol–water partition coefficient (Wildman–Crippen LogP) is 3.69. The third kappa shape index (κ3) is 1.74. The van der Waals surface area contributed by atoms with Crippen LogP contribution in [0.5, 0.6) is 0 Å². The van der Waals surface area contributed by atoms with Crippen molar-refractivity contribution >= 4 is 11.0 Å². The van der Waals surface area contributed by atoms with Crippen LogP contribution in [0.15, 0.2) is 30.3 Å². The molecule has 0 unspecified atom stereocenters. The van der Waals surface area contributed by atoms with Gasteiger partial charge in [0, 0.05) is 0 Å². The van der Waals surface area contributed by atoms with E-state index in [1.54, 1.807) is 25.1 Å². The molecule has 1 N–H and O–H groups in total. The molecule has 3 rings (SSSR count). The molecule has 0 aliphatic rings. The van der Waals surface area contributed by atoms with Crippen LogP contribution in [-0.2, 0) is 0 Å². The van der Waals surface area contributed by atoms with Crippen molar-refractivity contribution in [1.29, 1.82) is 5.26 Å². The molecule has 1 heterocycles. The average Bonchev–Trinajstić information content (AvgIpc) is 2.86. The number of benzene rings is 2. The summed E-state index contributed by atoms with van der Waals surface area (Å²) in [5, 5.41) is 9.02. The van der Waals surface area contributed by atoms with Gasteiger partial charge in [0.2, 0.25) is 0 Å². The highest BCUT2D eigenvalue weighted by atomic mass is 19.1. The number of hydrogen-bond acceptors (Lipinski definition) is 2. The number of hydrogen-bond donors (Lipinski definition) is 1. The van der Waals surface area contributed by atoms with Crippen LogP contribution in [0.2, 0.25) is 0 Å². The topological polar surface area (TPSA) is 52.5 Å². The Morgan fingerprint density at radius 3 is 2.75 bits per heavy atom. The molecular formula is C15H9F2N3. The molecule has 5 heteroatoms. The van der Waals surface area contributed by atoms with Gasteiger partial charge in [-0.15, -0.1) is 0 Å². The molecule has 0 aliphatic heterocycles. The molecule has 0 fully saturated rings. The Labute approximate surface area is 113 Å². The maximum absolute atomic E-state index is 14.1. The van der Waals surface area contributed by atoms with E-state index in [1.165, 1.54) is 12.1 Å².